The van der Waals surface area contributed by atoms with Crippen molar-refractivity contribution in [1.29, 1.82) is 0 Å². The molecule has 0 saturated heterocycles. The Kier molecular flexibility index (Phi) is 5.31. The summed E-state index contributed by atoms with van der Waals surface area (Å²) < 4.78 is 9.85. The molecule has 0 radical (unpaired) electrons. The maximum atomic E-state index is 11.8. The Labute approximate surface area is 120 Å². The summed E-state index contributed by atoms with van der Waals surface area (Å²) in [5.74, 6) is -0.546. The number of hydrogen-bond donors (Lipinski definition) is 0. The van der Waals surface area contributed by atoms with Crippen LogP contribution in [0.4, 0.5) is 4.79 Å². The molecule has 1 amide bonds. The third-order valence-electron chi connectivity index (χ3n) is 3.75. The third kappa shape index (κ3) is 4.62. The zero-order valence-corrected chi connectivity index (χ0v) is 13.1. The molecule has 1 saturated carbocycles. The second-order valence-electron chi connectivity index (χ2n) is 6.41. The molecule has 0 aromatic carbocycles. The number of nitrogens with zero attached hydrogens (tertiary/aromatic N) is 1. The molecule has 0 aliphatic heterocycles. The first-order valence-corrected chi connectivity index (χ1v) is 7.10. The van der Waals surface area contributed by atoms with Crippen molar-refractivity contribution in [2.24, 2.45) is 10.4 Å². The van der Waals surface area contributed by atoms with Crippen LogP contribution in [0.25, 0.3) is 0 Å². The van der Waals surface area contributed by atoms with E-state index in [2.05, 4.69) is 11.9 Å². The molecule has 20 heavy (non-hydrogen) atoms. The molecule has 0 spiro atoms. The number of ether oxygens (including phenoxy) is 2. The SMILES string of the molecule is CCC1(CC(=NC(=O)OC(C)(C)C)C(=O)OC)CCC1. The van der Waals surface area contributed by atoms with E-state index in [4.69, 9.17) is 9.47 Å². The van der Waals surface area contributed by atoms with Crippen LogP contribution >= 0.6 is 0 Å². The van der Waals surface area contributed by atoms with Crippen molar-refractivity contribution in [2.45, 2.75) is 65.4 Å². The summed E-state index contributed by atoms with van der Waals surface area (Å²) in [5, 5.41) is 0. The Morgan fingerprint density at radius 1 is 1.25 bits per heavy atom. The third-order valence-corrected chi connectivity index (χ3v) is 3.75. The van der Waals surface area contributed by atoms with E-state index >= 15 is 0 Å². The smallest absolute Gasteiger partial charge is 0.434 e. The molecule has 0 heterocycles. The number of esters is 1. The van der Waals surface area contributed by atoms with E-state index < -0.39 is 17.7 Å². The molecule has 1 aliphatic rings. The topological polar surface area (TPSA) is 65.0 Å². The van der Waals surface area contributed by atoms with Crippen LogP contribution in [-0.4, -0.2) is 30.5 Å². The van der Waals surface area contributed by atoms with E-state index in [1.165, 1.54) is 7.11 Å². The van der Waals surface area contributed by atoms with Gasteiger partial charge in [-0.2, -0.15) is 4.99 Å². The minimum Gasteiger partial charge on any atom is -0.465 e. The first-order chi connectivity index (χ1) is 9.21. The van der Waals surface area contributed by atoms with Gasteiger partial charge in [-0.15, -0.1) is 0 Å². The van der Waals surface area contributed by atoms with Gasteiger partial charge in [-0.05, 0) is 39.0 Å². The summed E-state index contributed by atoms with van der Waals surface area (Å²) in [6.07, 6.45) is 4.01. The average Bonchev–Trinajstić information content (AvgIpc) is 2.28. The molecular formula is C15H25NO4. The van der Waals surface area contributed by atoms with Gasteiger partial charge in [-0.25, -0.2) is 9.59 Å². The van der Waals surface area contributed by atoms with Gasteiger partial charge in [0.1, 0.15) is 11.3 Å². The molecule has 0 unspecified atom stereocenters. The predicted octanol–water partition coefficient (Wildman–Crippen LogP) is 3.51. The zero-order chi connectivity index (χ0) is 15.4. The number of hydrogen-bond acceptors (Lipinski definition) is 4. The largest absolute Gasteiger partial charge is 0.465 e. The van der Waals surface area contributed by atoms with Gasteiger partial charge in [0.05, 0.1) is 7.11 Å². The highest BCUT2D eigenvalue weighted by atomic mass is 16.6. The summed E-state index contributed by atoms with van der Waals surface area (Å²) in [6.45, 7) is 7.38. The van der Waals surface area contributed by atoms with Crippen molar-refractivity contribution in [3.05, 3.63) is 0 Å². The van der Waals surface area contributed by atoms with Crippen molar-refractivity contribution in [3.63, 3.8) is 0 Å². The highest BCUT2D eigenvalue weighted by Gasteiger charge is 2.38. The number of methoxy groups -OCH3 is 1. The van der Waals surface area contributed by atoms with Crippen LogP contribution in [0.15, 0.2) is 4.99 Å². The molecule has 0 aromatic heterocycles. The van der Waals surface area contributed by atoms with Gasteiger partial charge < -0.3 is 9.47 Å². The van der Waals surface area contributed by atoms with Crippen LogP contribution < -0.4 is 0 Å². The van der Waals surface area contributed by atoms with E-state index in [1.54, 1.807) is 20.8 Å². The number of carbonyl (C=O) groups excluding carboxylic acids is 2. The molecule has 0 bridgehead atoms. The minimum atomic E-state index is -0.733. The summed E-state index contributed by atoms with van der Waals surface area (Å²) >= 11 is 0. The molecule has 1 aliphatic carbocycles. The van der Waals surface area contributed by atoms with Crippen LogP contribution in [0.1, 0.15) is 59.8 Å². The van der Waals surface area contributed by atoms with Crippen LogP contribution in [0.3, 0.4) is 0 Å². The number of amides is 1. The van der Waals surface area contributed by atoms with Gasteiger partial charge in [-0.1, -0.05) is 19.8 Å². The Bertz CT molecular complexity index is 397. The molecule has 0 atom stereocenters. The summed E-state index contributed by atoms with van der Waals surface area (Å²) in [4.78, 5) is 27.4. The van der Waals surface area contributed by atoms with Crippen molar-refractivity contribution in [2.75, 3.05) is 7.11 Å². The predicted molar refractivity (Wildman–Crippen MR) is 76.9 cm³/mol. The molecule has 1 rings (SSSR count). The zero-order valence-electron chi connectivity index (χ0n) is 13.1. The second-order valence-corrected chi connectivity index (χ2v) is 6.41. The maximum Gasteiger partial charge on any atom is 0.434 e. The fraction of sp³-hybridized carbons (Fsp3) is 0.800. The molecule has 5 heteroatoms. The highest BCUT2D eigenvalue weighted by Crippen LogP contribution is 2.47. The van der Waals surface area contributed by atoms with Crippen molar-refractivity contribution in [1.82, 2.24) is 0 Å². The monoisotopic (exact) mass is 283 g/mol. The lowest BCUT2D eigenvalue weighted by molar-refractivity contribution is -0.133. The Morgan fingerprint density at radius 3 is 2.20 bits per heavy atom. The molecule has 0 aromatic rings. The Hall–Kier alpha value is -1.39. The highest BCUT2D eigenvalue weighted by molar-refractivity contribution is 6.38. The molecule has 0 N–H and O–H groups in total. The summed E-state index contributed by atoms with van der Waals surface area (Å²) in [6, 6.07) is 0. The van der Waals surface area contributed by atoms with Crippen LogP contribution in [0.2, 0.25) is 0 Å². The van der Waals surface area contributed by atoms with Crippen LogP contribution in [0.5, 0.6) is 0 Å². The van der Waals surface area contributed by atoms with Gasteiger partial charge in [0.15, 0.2) is 0 Å². The fourth-order valence-electron chi connectivity index (χ4n) is 2.36. The normalized spacial score (nSPS) is 18.1. The Morgan fingerprint density at radius 2 is 1.85 bits per heavy atom. The molecule has 1 fully saturated rings. The van der Waals surface area contributed by atoms with Crippen molar-refractivity contribution in [3.8, 4) is 0 Å². The number of rotatable bonds is 4. The van der Waals surface area contributed by atoms with E-state index in [0.717, 1.165) is 25.7 Å². The van der Waals surface area contributed by atoms with Gasteiger partial charge in [0, 0.05) is 6.42 Å². The van der Waals surface area contributed by atoms with Crippen molar-refractivity contribution < 1.29 is 19.1 Å². The lowest BCUT2D eigenvalue weighted by Gasteiger charge is -2.41. The first kappa shape index (κ1) is 16.7. The van der Waals surface area contributed by atoms with Gasteiger partial charge in [0.25, 0.3) is 0 Å². The van der Waals surface area contributed by atoms with Crippen LogP contribution in [0, 0.1) is 5.41 Å². The molecule has 114 valence electrons. The first-order valence-electron chi connectivity index (χ1n) is 7.10. The van der Waals surface area contributed by atoms with E-state index in [9.17, 15) is 9.59 Å². The van der Waals surface area contributed by atoms with Gasteiger partial charge in [0.2, 0.25) is 0 Å². The van der Waals surface area contributed by atoms with E-state index in [-0.39, 0.29) is 11.1 Å². The quantitative estimate of drug-likeness (QED) is 0.585. The lowest BCUT2D eigenvalue weighted by atomic mass is 9.64. The number of carbonyl (C=O) groups is 2. The summed E-state index contributed by atoms with van der Waals surface area (Å²) in [5.41, 5.74) is -0.362. The van der Waals surface area contributed by atoms with Crippen molar-refractivity contribution >= 4 is 17.8 Å². The second kappa shape index (κ2) is 6.37. The lowest BCUT2D eigenvalue weighted by Crippen LogP contribution is -2.34. The maximum absolute atomic E-state index is 11.8. The number of aliphatic imine (C=N–C) groups is 1. The van der Waals surface area contributed by atoms with E-state index in [1.807, 2.05) is 0 Å². The van der Waals surface area contributed by atoms with Gasteiger partial charge >= 0.3 is 12.1 Å². The minimum absolute atomic E-state index is 0.0923. The van der Waals surface area contributed by atoms with Gasteiger partial charge in [-0.3, -0.25) is 0 Å². The fourth-order valence-corrected chi connectivity index (χ4v) is 2.36. The average molecular weight is 283 g/mol. The summed E-state index contributed by atoms with van der Waals surface area (Å²) in [7, 11) is 1.30. The van der Waals surface area contributed by atoms with E-state index in [0.29, 0.717) is 6.42 Å². The molecule has 5 nitrogen and oxygen atoms in total. The van der Waals surface area contributed by atoms with Crippen LogP contribution in [-0.2, 0) is 14.3 Å². The molecular weight excluding hydrogens is 258 g/mol. The Balaban J connectivity index is 2.84. The standard InChI is InChI=1S/C15H25NO4/c1-6-15(8-7-9-15)10-11(12(17)19-5)16-13(18)20-14(2,3)4/h6-10H2,1-5H3.